The highest BCUT2D eigenvalue weighted by molar-refractivity contribution is 5.74. The summed E-state index contributed by atoms with van der Waals surface area (Å²) in [5.41, 5.74) is 1.10. The van der Waals surface area contributed by atoms with Crippen molar-refractivity contribution in [3.63, 3.8) is 0 Å². The number of methoxy groups -OCH3 is 1. The van der Waals surface area contributed by atoms with Crippen LogP contribution in [-0.2, 0) is 9.53 Å². The van der Waals surface area contributed by atoms with Crippen LogP contribution in [0.5, 0.6) is 0 Å². The maximum atomic E-state index is 10.5. The summed E-state index contributed by atoms with van der Waals surface area (Å²) in [4.78, 5) is 20.5. The quantitative estimate of drug-likeness (QED) is 0.584. The van der Waals surface area contributed by atoms with E-state index in [1.165, 1.54) is 0 Å². The highest BCUT2D eigenvalue weighted by atomic mass is 16.5. The second kappa shape index (κ2) is 5.47. The van der Waals surface area contributed by atoms with Gasteiger partial charge in [-0.2, -0.15) is 4.99 Å². The molecule has 0 bridgehead atoms. The summed E-state index contributed by atoms with van der Waals surface area (Å²) in [5.74, 6) is 0.0385. The van der Waals surface area contributed by atoms with Crippen molar-refractivity contribution in [1.29, 1.82) is 0 Å². The molecule has 2 rings (SSSR count). The van der Waals surface area contributed by atoms with Gasteiger partial charge in [-0.25, -0.2) is 9.79 Å². The molecule has 0 amide bonds. The van der Waals surface area contributed by atoms with E-state index in [9.17, 15) is 4.79 Å². The number of aliphatic imine (C=N–C) groups is 2. The molecule has 0 aromatic heterocycles. The molecule has 0 saturated heterocycles. The zero-order chi connectivity index (χ0) is 13.0. The molecule has 1 aromatic rings. The molecule has 5 heteroatoms. The van der Waals surface area contributed by atoms with Gasteiger partial charge in [0, 0.05) is 19.5 Å². The van der Waals surface area contributed by atoms with Gasteiger partial charge in [0.25, 0.3) is 6.02 Å². The first kappa shape index (κ1) is 12.3. The molecule has 2 unspecified atom stereocenters. The largest absolute Gasteiger partial charge is 0.468 e. The SMILES string of the molecule is COC1=NC(N=C=O)C(c2ccccc2)CN1C. The summed E-state index contributed by atoms with van der Waals surface area (Å²) in [6, 6.07) is 10.4. The van der Waals surface area contributed by atoms with E-state index in [1.807, 2.05) is 42.3 Å². The van der Waals surface area contributed by atoms with Crippen LogP contribution in [0, 0.1) is 0 Å². The van der Waals surface area contributed by atoms with Crippen LogP contribution >= 0.6 is 0 Å². The van der Waals surface area contributed by atoms with E-state index in [2.05, 4.69) is 9.98 Å². The molecular formula is C13H15N3O2. The molecule has 94 valence electrons. The van der Waals surface area contributed by atoms with Gasteiger partial charge in [0.2, 0.25) is 6.08 Å². The lowest BCUT2D eigenvalue weighted by Gasteiger charge is -2.32. The normalized spacial score (nSPS) is 23.0. The Morgan fingerprint density at radius 2 is 2.17 bits per heavy atom. The van der Waals surface area contributed by atoms with Crippen molar-refractivity contribution < 1.29 is 9.53 Å². The van der Waals surface area contributed by atoms with Gasteiger partial charge in [-0.3, -0.25) is 0 Å². The third-order valence-electron chi connectivity index (χ3n) is 2.99. The maximum absolute atomic E-state index is 10.5. The Morgan fingerprint density at radius 1 is 1.44 bits per heavy atom. The number of isocyanates is 1. The number of nitrogens with zero attached hydrogens (tertiary/aromatic N) is 3. The van der Waals surface area contributed by atoms with Gasteiger partial charge in [-0.05, 0) is 5.56 Å². The van der Waals surface area contributed by atoms with Crippen LogP contribution in [0.4, 0.5) is 0 Å². The molecule has 0 radical (unpaired) electrons. The number of rotatable bonds is 2. The van der Waals surface area contributed by atoms with Gasteiger partial charge in [-0.15, -0.1) is 0 Å². The Bertz CT molecular complexity index is 480. The standard InChI is InChI=1S/C13H15N3O2/c1-16-8-11(10-6-4-3-5-7-10)12(14-9-17)15-13(16)18-2/h3-7,11-12H,8H2,1-2H3. The molecule has 0 spiro atoms. The summed E-state index contributed by atoms with van der Waals surface area (Å²) in [6.07, 6.45) is 1.13. The van der Waals surface area contributed by atoms with Crippen molar-refractivity contribution in [2.45, 2.75) is 12.1 Å². The zero-order valence-electron chi connectivity index (χ0n) is 10.4. The van der Waals surface area contributed by atoms with Crippen LogP contribution in [0.1, 0.15) is 11.5 Å². The van der Waals surface area contributed by atoms with E-state index in [1.54, 1.807) is 13.2 Å². The number of hydrogen-bond donors (Lipinski definition) is 0. The Hall–Kier alpha value is -2.13. The van der Waals surface area contributed by atoms with E-state index < -0.39 is 6.17 Å². The smallest absolute Gasteiger partial charge is 0.288 e. The number of hydrogen-bond acceptors (Lipinski definition) is 5. The second-order valence-electron chi connectivity index (χ2n) is 4.15. The van der Waals surface area contributed by atoms with Crippen molar-refractivity contribution in [1.82, 2.24) is 4.90 Å². The number of benzene rings is 1. The summed E-state index contributed by atoms with van der Waals surface area (Å²) in [5, 5.41) is 0. The number of ether oxygens (including phenoxy) is 1. The average Bonchev–Trinajstić information content (AvgIpc) is 2.41. The van der Waals surface area contributed by atoms with Crippen LogP contribution < -0.4 is 0 Å². The summed E-state index contributed by atoms with van der Waals surface area (Å²) >= 11 is 0. The lowest BCUT2D eigenvalue weighted by Crippen LogP contribution is -2.41. The number of amidine groups is 1. The molecule has 5 nitrogen and oxygen atoms in total. The molecule has 1 aliphatic rings. The Balaban J connectivity index is 2.35. The molecule has 1 aromatic carbocycles. The highest BCUT2D eigenvalue weighted by Gasteiger charge is 2.30. The van der Waals surface area contributed by atoms with E-state index in [-0.39, 0.29) is 5.92 Å². The van der Waals surface area contributed by atoms with E-state index >= 15 is 0 Å². The van der Waals surface area contributed by atoms with Crippen molar-refractivity contribution in [2.24, 2.45) is 9.98 Å². The molecule has 0 N–H and O–H groups in total. The Kier molecular flexibility index (Phi) is 3.75. The van der Waals surface area contributed by atoms with Gasteiger partial charge in [0.05, 0.1) is 7.11 Å². The second-order valence-corrected chi connectivity index (χ2v) is 4.15. The van der Waals surface area contributed by atoms with Crippen LogP contribution in [0.25, 0.3) is 0 Å². The lowest BCUT2D eigenvalue weighted by molar-refractivity contribution is 0.263. The highest BCUT2D eigenvalue weighted by Crippen LogP contribution is 2.27. The van der Waals surface area contributed by atoms with Crippen molar-refractivity contribution in [3.05, 3.63) is 35.9 Å². The fraction of sp³-hybridized carbons (Fsp3) is 0.385. The van der Waals surface area contributed by atoms with Crippen LogP contribution in [0.15, 0.2) is 40.3 Å². The molecular weight excluding hydrogens is 230 g/mol. The van der Waals surface area contributed by atoms with Crippen molar-refractivity contribution >= 4 is 12.1 Å². The van der Waals surface area contributed by atoms with Gasteiger partial charge in [0.15, 0.2) is 6.17 Å². The lowest BCUT2D eigenvalue weighted by atomic mass is 9.95. The van der Waals surface area contributed by atoms with Gasteiger partial charge < -0.3 is 9.64 Å². The van der Waals surface area contributed by atoms with E-state index in [4.69, 9.17) is 4.74 Å². The third kappa shape index (κ3) is 2.41. The predicted molar refractivity (Wildman–Crippen MR) is 68.2 cm³/mol. The molecule has 2 atom stereocenters. The first-order valence-corrected chi connectivity index (χ1v) is 5.71. The molecule has 0 saturated carbocycles. The minimum atomic E-state index is -0.462. The average molecular weight is 245 g/mol. The van der Waals surface area contributed by atoms with Crippen LogP contribution in [0.2, 0.25) is 0 Å². The third-order valence-corrected chi connectivity index (χ3v) is 2.99. The maximum Gasteiger partial charge on any atom is 0.288 e. The monoisotopic (exact) mass is 245 g/mol. The Labute approximate surface area is 106 Å². The number of likely N-dealkylation sites (N-methyl/N-ethyl adjacent to an activating group) is 1. The van der Waals surface area contributed by atoms with Crippen LogP contribution in [0.3, 0.4) is 0 Å². The zero-order valence-corrected chi connectivity index (χ0v) is 10.4. The minimum Gasteiger partial charge on any atom is -0.468 e. The van der Waals surface area contributed by atoms with Crippen molar-refractivity contribution in [2.75, 3.05) is 20.7 Å². The molecule has 0 aliphatic carbocycles. The van der Waals surface area contributed by atoms with E-state index in [0.717, 1.165) is 5.56 Å². The first-order chi connectivity index (χ1) is 8.76. The first-order valence-electron chi connectivity index (χ1n) is 5.71. The van der Waals surface area contributed by atoms with Crippen molar-refractivity contribution in [3.8, 4) is 0 Å². The fourth-order valence-electron chi connectivity index (χ4n) is 2.13. The molecule has 0 fully saturated rings. The summed E-state index contributed by atoms with van der Waals surface area (Å²) in [7, 11) is 3.46. The molecule has 1 heterocycles. The summed E-state index contributed by atoms with van der Waals surface area (Å²) < 4.78 is 5.15. The molecule has 18 heavy (non-hydrogen) atoms. The minimum absolute atomic E-state index is 0.0385. The van der Waals surface area contributed by atoms with E-state index in [0.29, 0.717) is 12.6 Å². The predicted octanol–water partition coefficient (Wildman–Crippen LogP) is 1.38. The molecule has 1 aliphatic heterocycles. The van der Waals surface area contributed by atoms with Gasteiger partial charge >= 0.3 is 0 Å². The van der Waals surface area contributed by atoms with Gasteiger partial charge in [0.1, 0.15) is 0 Å². The van der Waals surface area contributed by atoms with Crippen LogP contribution in [-0.4, -0.2) is 43.9 Å². The fourth-order valence-corrected chi connectivity index (χ4v) is 2.13. The van der Waals surface area contributed by atoms with Gasteiger partial charge in [-0.1, -0.05) is 30.3 Å². The topological polar surface area (TPSA) is 54.3 Å². The summed E-state index contributed by atoms with van der Waals surface area (Å²) in [6.45, 7) is 0.701. The number of carbonyl (C=O) groups excluding carboxylic acids is 1. The Morgan fingerprint density at radius 3 is 2.78 bits per heavy atom.